The fraction of sp³-hybridized carbons (Fsp3) is 0.900. The molecule has 3 nitrogen and oxygen atoms in total. The molecule has 2 N–H and O–H groups in total. The Kier molecular flexibility index (Phi) is 2.66. The number of hydrogen-bond acceptors (Lipinski definition) is 2. The molecule has 0 amide bonds. The highest BCUT2D eigenvalue weighted by atomic mass is 16.4. The van der Waals surface area contributed by atoms with E-state index in [2.05, 4.69) is 0 Å². The summed E-state index contributed by atoms with van der Waals surface area (Å²) in [6, 6.07) is 0. The van der Waals surface area contributed by atoms with E-state index >= 15 is 0 Å². The third kappa shape index (κ3) is 1.26. The first-order chi connectivity index (χ1) is 6.02. The Labute approximate surface area is 78.8 Å². The number of carboxylic acid groups (broad SMARTS) is 1. The van der Waals surface area contributed by atoms with E-state index in [0.29, 0.717) is 25.7 Å². The monoisotopic (exact) mass is 186 g/mol. The topological polar surface area (TPSA) is 57.5 Å². The van der Waals surface area contributed by atoms with Crippen molar-refractivity contribution in [3.05, 3.63) is 0 Å². The molecule has 0 bridgehead atoms. The van der Waals surface area contributed by atoms with Gasteiger partial charge in [0.15, 0.2) is 0 Å². The summed E-state index contributed by atoms with van der Waals surface area (Å²) in [6.45, 7) is 3.71. The molecule has 0 aromatic rings. The maximum atomic E-state index is 11.1. The number of carboxylic acids is 1. The molecule has 1 rings (SSSR count). The zero-order chi connectivity index (χ0) is 10.1. The lowest BCUT2D eigenvalue weighted by Gasteiger charge is -2.49. The van der Waals surface area contributed by atoms with Crippen LogP contribution in [0, 0.1) is 5.41 Å². The molecule has 1 fully saturated rings. The quantitative estimate of drug-likeness (QED) is 0.703. The van der Waals surface area contributed by atoms with E-state index in [1.54, 1.807) is 0 Å². The Morgan fingerprint density at radius 3 is 1.92 bits per heavy atom. The van der Waals surface area contributed by atoms with Gasteiger partial charge in [0.25, 0.3) is 0 Å². The van der Waals surface area contributed by atoms with Gasteiger partial charge in [-0.15, -0.1) is 0 Å². The highest BCUT2D eigenvalue weighted by Gasteiger charge is 2.57. The number of rotatable bonds is 4. The standard InChI is InChI=1S/C10H18O3/c1-3-10(13,4-2)9(8(11)12)6-5-7-9/h13H,3-7H2,1-2H3,(H,11,12). The van der Waals surface area contributed by atoms with E-state index in [4.69, 9.17) is 5.11 Å². The van der Waals surface area contributed by atoms with Gasteiger partial charge in [-0.1, -0.05) is 20.3 Å². The second-order valence-electron chi connectivity index (χ2n) is 3.98. The van der Waals surface area contributed by atoms with Crippen molar-refractivity contribution in [1.82, 2.24) is 0 Å². The molecule has 1 saturated carbocycles. The van der Waals surface area contributed by atoms with Gasteiger partial charge in [0.05, 0.1) is 11.0 Å². The van der Waals surface area contributed by atoms with Gasteiger partial charge in [-0.2, -0.15) is 0 Å². The van der Waals surface area contributed by atoms with Crippen LogP contribution in [0.2, 0.25) is 0 Å². The van der Waals surface area contributed by atoms with E-state index in [9.17, 15) is 9.90 Å². The Hall–Kier alpha value is -0.570. The van der Waals surface area contributed by atoms with Gasteiger partial charge in [0, 0.05) is 0 Å². The fourth-order valence-corrected chi connectivity index (χ4v) is 2.34. The van der Waals surface area contributed by atoms with Gasteiger partial charge in [0.2, 0.25) is 0 Å². The van der Waals surface area contributed by atoms with Crippen LogP contribution in [-0.4, -0.2) is 21.8 Å². The van der Waals surface area contributed by atoms with Crippen molar-refractivity contribution >= 4 is 5.97 Å². The number of carbonyl (C=O) groups is 1. The van der Waals surface area contributed by atoms with Gasteiger partial charge in [-0.25, -0.2) is 0 Å². The normalized spacial score (nSPS) is 20.8. The minimum atomic E-state index is -1.00. The highest BCUT2D eigenvalue weighted by molar-refractivity contribution is 5.77. The average Bonchev–Trinajstić information content (AvgIpc) is 2.01. The summed E-state index contributed by atoms with van der Waals surface area (Å²) < 4.78 is 0. The highest BCUT2D eigenvalue weighted by Crippen LogP contribution is 2.52. The molecule has 0 atom stereocenters. The fourth-order valence-electron chi connectivity index (χ4n) is 2.34. The van der Waals surface area contributed by atoms with Gasteiger partial charge >= 0.3 is 5.97 Å². The molecule has 13 heavy (non-hydrogen) atoms. The third-order valence-electron chi connectivity index (χ3n) is 3.68. The summed E-state index contributed by atoms with van der Waals surface area (Å²) in [5, 5.41) is 19.3. The van der Waals surface area contributed by atoms with Crippen LogP contribution in [-0.2, 0) is 4.79 Å². The molecule has 0 saturated heterocycles. The molecule has 76 valence electrons. The Balaban J connectivity index is 2.92. The van der Waals surface area contributed by atoms with Crippen LogP contribution in [0.15, 0.2) is 0 Å². The minimum Gasteiger partial charge on any atom is -0.481 e. The third-order valence-corrected chi connectivity index (χ3v) is 3.68. The molecule has 1 aliphatic carbocycles. The maximum absolute atomic E-state index is 11.1. The van der Waals surface area contributed by atoms with E-state index in [1.807, 2.05) is 13.8 Å². The molecule has 0 spiro atoms. The number of aliphatic carboxylic acids is 1. The van der Waals surface area contributed by atoms with E-state index < -0.39 is 17.0 Å². The van der Waals surface area contributed by atoms with Crippen molar-refractivity contribution in [2.45, 2.75) is 51.6 Å². The summed E-state index contributed by atoms with van der Waals surface area (Å²) in [5.74, 6) is -0.829. The number of hydrogen-bond donors (Lipinski definition) is 2. The molecular weight excluding hydrogens is 168 g/mol. The summed E-state index contributed by atoms with van der Waals surface area (Å²) in [6.07, 6.45) is 3.22. The van der Waals surface area contributed by atoms with Crippen LogP contribution >= 0.6 is 0 Å². The summed E-state index contributed by atoms with van der Waals surface area (Å²) in [4.78, 5) is 11.1. The largest absolute Gasteiger partial charge is 0.481 e. The Morgan fingerprint density at radius 1 is 1.38 bits per heavy atom. The SMILES string of the molecule is CCC(O)(CC)C1(C(=O)O)CCC1. The van der Waals surface area contributed by atoms with Crippen LogP contribution in [0.3, 0.4) is 0 Å². The van der Waals surface area contributed by atoms with Crippen molar-refractivity contribution < 1.29 is 15.0 Å². The van der Waals surface area contributed by atoms with Gasteiger partial charge in [-0.3, -0.25) is 4.79 Å². The van der Waals surface area contributed by atoms with E-state index in [-0.39, 0.29) is 0 Å². The maximum Gasteiger partial charge on any atom is 0.312 e. The zero-order valence-corrected chi connectivity index (χ0v) is 8.34. The zero-order valence-electron chi connectivity index (χ0n) is 8.34. The molecule has 0 aromatic carbocycles. The molecule has 0 radical (unpaired) electrons. The predicted octanol–water partition coefficient (Wildman–Crippen LogP) is 1.79. The van der Waals surface area contributed by atoms with Crippen molar-refractivity contribution in [3.63, 3.8) is 0 Å². The smallest absolute Gasteiger partial charge is 0.312 e. The molecule has 0 unspecified atom stereocenters. The summed E-state index contributed by atoms with van der Waals surface area (Å²) in [7, 11) is 0. The first-order valence-corrected chi connectivity index (χ1v) is 4.98. The molecular formula is C10H18O3. The van der Waals surface area contributed by atoms with Crippen LogP contribution in [0.1, 0.15) is 46.0 Å². The minimum absolute atomic E-state index is 0.524. The van der Waals surface area contributed by atoms with Crippen LogP contribution in [0.4, 0.5) is 0 Å². The Morgan fingerprint density at radius 2 is 1.85 bits per heavy atom. The predicted molar refractivity (Wildman–Crippen MR) is 49.5 cm³/mol. The van der Waals surface area contributed by atoms with Gasteiger partial charge in [-0.05, 0) is 25.7 Å². The second kappa shape index (κ2) is 3.29. The van der Waals surface area contributed by atoms with Crippen LogP contribution in [0.5, 0.6) is 0 Å². The summed E-state index contributed by atoms with van der Waals surface area (Å²) >= 11 is 0. The van der Waals surface area contributed by atoms with Crippen LogP contribution in [0.25, 0.3) is 0 Å². The van der Waals surface area contributed by atoms with E-state index in [1.165, 1.54) is 0 Å². The van der Waals surface area contributed by atoms with Gasteiger partial charge < -0.3 is 10.2 Å². The number of aliphatic hydroxyl groups is 1. The molecule has 0 aromatic heterocycles. The molecule has 0 heterocycles. The molecule has 1 aliphatic rings. The molecule has 0 aliphatic heterocycles. The summed E-state index contributed by atoms with van der Waals surface area (Å²) in [5.41, 5.74) is -1.85. The van der Waals surface area contributed by atoms with Crippen molar-refractivity contribution in [3.8, 4) is 0 Å². The lowest BCUT2D eigenvalue weighted by atomic mass is 9.57. The lowest BCUT2D eigenvalue weighted by Crippen LogP contribution is -2.56. The van der Waals surface area contributed by atoms with Crippen LogP contribution < -0.4 is 0 Å². The van der Waals surface area contributed by atoms with E-state index in [0.717, 1.165) is 6.42 Å². The van der Waals surface area contributed by atoms with Crippen molar-refractivity contribution in [2.75, 3.05) is 0 Å². The molecule has 3 heteroatoms. The van der Waals surface area contributed by atoms with Crippen molar-refractivity contribution in [2.24, 2.45) is 5.41 Å². The first kappa shape index (κ1) is 10.5. The lowest BCUT2D eigenvalue weighted by molar-refractivity contribution is -0.186. The first-order valence-electron chi connectivity index (χ1n) is 4.98. The van der Waals surface area contributed by atoms with Gasteiger partial charge in [0.1, 0.15) is 0 Å². The Bertz CT molecular complexity index is 202. The van der Waals surface area contributed by atoms with Crippen molar-refractivity contribution in [1.29, 1.82) is 0 Å². The average molecular weight is 186 g/mol. The second-order valence-corrected chi connectivity index (χ2v) is 3.98.